The molecule has 126 valence electrons. The molecule has 2 aromatic heterocycles. The first-order valence-electron chi connectivity index (χ1n) is 8.13. The van der Waals surface area contributed by atoms with E-state index < -0.39 is 0 Å². The first kappa shape index (κ1) is 16.2. The maximum atomic E-state index is 9.79. The second kappa shape index (κ2) is 7.30. The molecule has 4 rings (SSSR count). The van der Waals surface area contributed by atoms with Crippen LogP contribution in [0.2, 0.25) is 0 Å². The van der Waals surface area contributed by atoms with Crippen LogP contribution in [0.4, 0.5) is 5.82 Å². The molecule has 2 aromatic carbocycles. The standard InChI is InChI=1S/C20H15N5S/c21-13-17-19(22-14-15-7-3-1-4-8-15)25-18(11-12-23-25)24-20(17)26-16-9-5-2-6-10-16/h1-12,22H,14H2. The van der Waals surface area contributed by atoms with Gasteiger partial charge in [0, 0.05) is 17.5 Å². The molecule has 0 saturated carbocycles. The quantitative estimate of drug-likeness (QED) is 0.538. The van der Waals surface area contributed by atoms with Gasteiger partial charge in [-0.05, 0) is 17.7 Å². The molecule has 4 aromatic rings. The van der Waals surface area contributed by atoms with E-state index in [4.69, 9.17) is 0 Å². The van der Waals surface area contributed by atoms with Crippen molar-refractivity contribution in [2.45, 2.75) is 16.5 Å². The maximum Gasteiger partial charge on any atom is 0.158 e. The van der Waals surface area contributed by atoms with Gasteiger partial charge in [0.1, 0.15) is 16.7 Å². The molecule has 5 nitrogen and oxygen atoms in total. The van der Waals surface area contributed by atoms with Crippen LogP contribution < -0.4 is 5.32 Å². The third-order valence-corrected chi connectivity index (χ3v) is 4.87. The van der Waals surface area contributed by atoms with Gasteiger partial charge < -0.3 is 5.32 Å². The van der Waals surface area contributed by atoms with E-state index in [-0.39, 0.29) is 0 Å². The van der Waals surface area contributed by atoms with E-state index in [1.807, 2.05) is 66.7 Å². The Hall–Kier alpha value is -3.30. The van der Waals surface area contributed by atoms with Crippen LogP contribution in [0.1, 0.15) is 11.1 Å². The average Bonchev–Trinajstić information content (AvgIpc) is 3.15. The van der Waals surface area contributed by atoms with Crippen molar-refractivity contribution in [1.82, 2.24) is 14.6 Å². The number of hydrogen-bond donors (Lipinski definition) is 1. The van der Waals surface area contributed by atoms with E-state index in [1.54, 1.807) is 10.7 Å². The summed E-state index contributed by atoms with van der Waals surface area (Å²) in [5.74, 6) is 0.657. The summed E-state index contributed by atoms with van der Waals surface area (Å²) in [5, 5.41) is 18.1. The highest BCUT2D eigenvalue weighted by Gasteiger charge is 2.17. The van der Waals surface area contributed by atoms with E-state index in [9.17, 15) is 5.26 Å². The molecule has 0 radical (unpaired) electrons. The summed E-state index contributed by atoms with van der Waals surface area (Å²) in [5.41, 5.74) is 2.33. The summed E-state index contributed by atoms with van der Waals surface area (Å²) in [7, 11) is 0. The normalized spacial score (nSPS) is 10.6. The highest BCUT2D eigenvalue weighted by Crippen LogP contribution is 2.32. The van der Waals surface area contributed by atoms with Gasteiger partial charge in [0.05, 0.1) is 6.20 Å². The Labute approximate surface area is 155 Å². The molecular formula is C20H15N5S. The summed E-state index contributed by atoms with van der Waals surface area (Å²) < 4.78 is 1.68. The number of nitrogens with zero attached hydrogens (tertiary/aromatic N) is 4. The molecule has 0 aliphatic carbocycles. The summed E-state index contributed by atoms with van der Waals surface area (Å²) in [6.45, 7) is 0.601. The molecule has 26 heavy (non-hydrogen) atoms. The molecule has 0 aliphatic heterocycles. The van der Waals surface area contributed by atoms with Crippen molar-refractivity contribution < 1.29 is 0 Å². The van der Waals surface area contributed by atoms with Crippen LogP contribution in [0, 0.1) is 11.3 Å². The highest BCUT2D eigenvalue weighted by molar-refractivity contribution is 7.99. The van der Waals surface area contributed by atoms with Crippen molar-refractivity contribution in [3.05, 3.63) is 84.1 Å². The fourth-order valence-corrected chi connectivity index (χ4v) is 3.54. The number of rotatable bonds is 5. The third-order valence-electron chi connectivity index (χ3n) is 3.87. The summed E-state index contributed by atoms with van der Waals surface area (Å²) in [6, 6.07) is 24.1. The molecule has 1 N–H and O–H groups in total. The van der Waals surface area contributed by atoms with Crippen LogP contribution >= 0.6 is 11.8 Å². The molecule has 0 fully saturated rings. The number of anilines is 1. The first-order chi connectivity index (χ1) is 12.8. The second-order valence-corrected chi connectivity index (χ2v) is 6.67. The Morgan fingerprint density at radius 2 is 1.73 bits per heavy atom. The Morgan fingerprint density at radius 1 is 1.00 bits per heavy atom. The van der Waals surface area contributed by atoms with Crippen molar-refractivity contribution >= 4 is 23.2 Å². The minimum absolute atomic E-state index is 0.492. The van der Waals surface area contributed by atoms with Crippen LogP contribution in [-0.2, 0) is 6.54 Å². The Bertz CT molecular complexity index is 1070. The Kier molecular flexibility index (Phi) is 4.54. The molecule has 0 aliphatic rings. The molecule has 0 amide bonds. The lowest BCUT2D eigenvalue weighted by molar-refractivity contribution is 0.897. The van der Waals surface area contributed by atoms with E-state index in [0.29, 0.717) is 28.6 Å². The van der Waals surface area contributed by atoms with Gasteiger partial charge in [-0.1, -0.05) is 60.3 Å². The van der Waals surface area contributed by atoms with Gasteiger partial charge in [-0.2, -0.15) is 14.9 Å². The number of hydrogen-bond acceptors (Lipinski definition) is 5. The largest absolute Gasteiger partial charge is 0.365 e. The van der Waals surface area contributed by atoms with Gasteiger partial charge in [0.2, 0.25) is 0 Å². The van der Waals surface area contributed by atoms with Crippen molar-refractivity contribution in [3.63, 3.8) is 0 Å². The predicted octanol–water partition coefficient (Wildman–Crippen LogP) is 4.36. The maximum absolute atomic E-state index is 9.79. The Balaban J connectivity index is 1.75. The van der Waals surface area contributed by atoms with Crippen molar-refractivity contribution in [2.75, 3.05) is 5.32 Å². The van der Waals surface area contributed by atoms with Crippen LogP contribution in [0.25, 0.3) is 5.65 Å². The molecule has 0 bridgehead atoms. The SMILES string of the molecule is N#Cc1c(Sc2ccccc2)nc2ccnn2c1NCc1ccccc1. The zero-order valence-electron chi connectivity index (χ0n) is 13.8. The third kappa shape index (κ3) is 3.25. The summed E-state index contributed by atoms with van der Waals surface area (Å²) in [6.07, 6.45) is 1.69. The summed E-state index contributed by atoms with van der Waals surface area (Å²) in [4.78, 5) is 5.65. The van der Waals surface area contributed by atoms with Gasteiger partial charge in [0.15, 0.2) is 11.5 Å². The number of nitriles is 1. The van der Waals surface area contributed by atoms with Crippen LogP contribution in [0.5, 0.6) is 0 Å². The van der Waals surface area contributed by atoms with Gasteiger partial charge in [-0.15, -0.1) is 0 Å². The van der Waals surface area contributed by atoms with Crippen molar-refractivity contribution in [1.29, 1.82) is 5.26 Å². The van der Waals surface area contributed by atoms with Crippen molar-refractivity contribution in [3.8, 4) is 6.07 Å². The van der Waals surface area contributed by atoms with Gasteiger partial charge in [-0.3, -0.25) is 0 Å². The van der Waals surface area contributed by atoms with E-state index in [2.05, 4.69) is 21.5 Å². The lowest BCUT2D eigenvalue weighted by atomic mass is 10.2. The molecule has 0 spiro atoms. The second-order valence-electron chi connectivity index (χ2n) is 5.61. The molecule has 6 heteroatoms. The zero-order valence-corrected chi connectivity index (χ0v) is 14.6. The first-order valence-corrected chi connectivity index (χ1v) is 8.95. The minimum atomic E-state index is 0.492. The monoisotopic (exact) mass is 357 g/mol. The van der Waals surface area contributed by atoms with Gasteiger partial charge in [0.25, 0.3) is 0 Å². The molecule has 0 atom stereocenters. The number of aromatic nitrogens is 3. The van der Waals surface area contributed by atoms with Crippen LogP contribution in [-0.4, -0.2) is 14.6 Å². The van der Waals surface area contributed by atoms with E-state index in [0.717, 1.165) is 10.5 Å². The van der Waals surface area contributed by atoms with Crippen LogP contribution in [0.3, 0.4) is 0 Å². The smallest absolute Gasteiger partial charge is 0.158 e. The molecule has 0 unspecified atom stereocenters. The zero-order chi connectivity index (χ0) is 17.8. The molecular weight excluding hydrogens is 342 g/mol. The van der Waals surface area contributed by atoms with Crippen LogP contribution in [0.15, 0.2) is 82.8 Å². The number of nitrogens with one attached hydrogen (secondary N) is 1. The predicted molar refractivity (Wildman–Crippen MR) is 102 cm³/mol. The topological polar surface area (TPSA) is 66.0 Å². The summed E-state index contributed by atoms with van der Waals surface area (Å²) >= 11 is 1.48. The number of benzene rings is 2. The fraction of sp³-hybridized carbons (Fsp3) is 0.0500. The van der Waals surface area contributed by atoms with Gasteiger partial charge >= 0.3 is 0 Å². The lowest BCUT2D eigenvalue weighted by Crippen LogP contribution is -2.09. The van der Waals surface area contributed by atoms with E-state index in [1.165, 1.54) is 11.8 Å². The minimum Gasteiger partial charge on any atom is -0.365 e. The lowest BCUT2D eigenvalue weighted by Gasteiger charge is -2.13. The Morgan fingerprint density at radius 3 is 2.46 bits per heavy atom. The van der Waals surface area contributed by atoms with Crippen molar-refractivity contribution in [2.24, 2.45) is 0 Å². The average molecular weight is 357 g/mol. The fourth-order valence-electron chi connectivity index (χ4n) is 2.64. The highest BCUT2D eigenvalue weighted by atomic mass is 32.2. The molecule has 0 saturated heterocycles. The van der Waals surface area contributed by atoms with Gasteiger partial charge in [-0.25, -0.2) is 4.98 Å². The number of fused-ring (bicyclic) bond motifs is 1. The molecule has 2 heterocycles. The van der Waals surface area contributed by atoms with E-state index >= 15 is 0 Å².